The number of carbonyl (C=O) groups is 3. The molecule has 0 aliphatic carbocycles. The fraction of sp³-hybridized carbons (Fsp3) is 0.348. The number of halogens is 1. The van der Waals surface area contributed by atoms with E-state index in [0.29, 0.717) is 49.7 Å². The molecule has 2 heterocycles. The molecule has 0 saturated carbocycles. The van der Waals surface area contributed by atoms with Gasteiger partial charge in [0.2, 0.25) is 6.79 Å². The molecule has 2 aliphatic rings. The van der Waals surface area contributed by atoms with Crippen molar-refractivity contribution < 1.29 is 28.2 Å². The zero-order valence-corrected chi connectivity index (χ0v) is 17.9. The van der Waals surface area contributed by atoms with E-state index in [1.54, 1.807) is 23.1 Å². The number of hydrogen-bond acceptors (Lipinski definition) is 5. The molecule has 0 bridgehead atoms. The molecule has 0 atom stereocenters. The van der Waals surface area contributed by atoms with E-state index in [0.717, 1.165) is 5.56 Å². The fourth-order valence-electron chi connectivity index (χ4n) is 3.71. The van der Waals surface area contributed by atoms with Crippen LogP contribution in [0.4, 0.5) is 14.9 Å². The average Bonchev–Trinajstić information content (AvgIpc) is 3.30. The third-order valence-electron chi connectivity index (χ3n) is 5.64. The van der Waals surface area contributed by atoms with Crippen LogP contribution in [0.2, 0.25) is 0 Å². The first-order valence-corrected chi connectivity index (χ1v) is 10.7. The van der Waals surface area contributed by atoms with Crippen LogP contribution < -0.4 is 25.4 Å². The number of rotatable bonds is 5. The summed E-state index contributed by atoms with van der Waals surface area (Å²) in [5.41, 5.74) is 1.33. The molecule has 3 N–H and O–H groups in total. The van der Waals surface area contributed by atoms with Gasteiger partial charge in [-0.2, -0.15) is 0 Å². The van der Waals surface area contributed by atoms with Crippen LogP contribution in [0, 0.1) is 11.7 Å². The van der Waals surface area contributed by atoms with Gasteiger partial charge in [-0.1, -0.05) is 6.07 Å². The van der Waals surface area contributed by atoms with Gasteiger partial charge in [-0.3, -0.25) is 9.59 Å². The second-order valence-corrected chi connectivity index (χ2v) is 7.95. The minimum atomic E-state index is -0.705. The number of hydrogen-bond donors (Lipinski definition) is 3. The molecular weight excluding hydrogens is 431 g/mol. The molecule has 0 spiro atoms. The van der Waals surface area contributed by atoms with Crippen molar-refractivity contribution in [2.75, 3.05) is 31.7 Å². The Morgan fingerprint density at radius 3 is 2.39 bits per heavy atom. The first-order valence-electron chi connectivity index (χ1n) is 10.7. The quantitative estimate of drug-likeness (QED) is 0.598. The highest BCUT2D eigenvalue weighted by Crippen LogP contribution is 2.32. The summed E-state index contributed by atoms with van der Waals surface area (Å²) in [7, 11) is 0. The van der Waals surface area contributed by atoms with Crippen LogP contribution in [-0.2, 0) is 16.1 Å². The van der Waals surface area contributed by atoms with Gasteiger partial charge < -0.3 is 30.3 Å². The predicted molar refractivity (Wildman–Crippen MR) is 117 cm³/mol. The summed E-state index contributed by atoms with van der Waals surface area (Å²) in [4.78, 5) is 38.2. The number of carbonyl (C=O) groups excluding carboxylic acids is 3. The summed E-state index contributed by atoms with van der Waals surface area (Å²) in [6, 6.07) is 10.7. The zero-order valence-electron chi connectivity index (χ0n) is 17.9. The second-order valence-electron chi connectivity index (χ2n) is 7.95. The van der Waals surface area contributed by atoms with Gasteiger partial charge in [-0.25, -0.2) is 9.18 Å². The molecule has 9 nitrogen and oxygen atoms in total. The van der Waals surface area contributed by atoms with E-state index in [-0.39, 0.29) is 31.1 Å². The molecule has 174 valence electrons. The number of amides is 4. The Hall–Kier alpha value is -3.82. The fourth-order valence-corrected chi connectivity index (χ4v) is 3.71. The Bertz CT molecular complexity index is 1020. The minimum Gasteiger partial charge on any atom is -0.454 e. The monoisotopic (exact) mass is 456 g/mol. The molecule has 4 rings (SSSR count). The number of fused-ring (bicyclic) bond motifs is 1. The Kier molecular flexibility index (Phi) is 6.92. The molecule has 2 aromatic rings. The van der Waals surface area contributed by atoms with E-state index in [4.69, 9.17) is 9.47 Å². The van der Waals surface area contributed by atoms with Crippen molar-refractivity contribution >= 4 is 23.5 Å². The van der Waals surface area contributed by atoms with Crippen molar-refractivity contribution in [1.29, 1.82) is 0 Å². The van der Waals surface area contributed by atoms with E-state index in [1.807, 2.05) is 0 Å². The number of piperidine rings is 1. The van der Waals surface area contributed by atoms with E-state index in [9.17, 15) is 18.8 Å². The summed E-state index contributed by atoms with van der Waals surface area (Å²) in [5, 5.41) is 8.01. The molecule has 1 saturated heterocycles. The van der Waals surface area contributed by atoms with Crippen LogP contribution in [0.15, 0.2) is 42.5 Å². The highest BCUT2D eigenvalue weighted by atomic mass is 19.1. The molecule has 33 heavy (non-hydrogen) atoms. The Labute approximate surface area is 190 Å². The smallest absolute Gasteiger partial charge is 0.321 e. The molecule has 1 fully saturated rings. The lowest BCUT2D eigenvalue weighted by molar-refractivity contribution is -0.139. The van der Waals surface area contributed by atoms with Crippen molar-refractivity contribution in [3.8, 4) is 11.5 Å². The number of benzene rings is 2. The van der Waals surface area contributed by atoms with Gasteiger partial charge in [0.25, 0.3) is 0 Å². The van der Waals surface area contributed by atoms with E-state index in [2.05, 4.69) is 16.0 Å². The van der Waals surface area contributed by atoms with E-state index >= 15 is 0 Å². The molecule has 0 aromatic heterocycles. The predicted octanol–water partition coefficient (Wildman–Crippen LogP) is 2.23. The summed E-state index contributed by atoms with van der Waals surface area (Å²) in [6.45, 7) is 1.80. The van der Waals surface area contributed by atoms with E-state index < -0.39 is 11.8 Å². The first kappa shape index (κ1) is 22.4. The van der Waals surface area contributed by atoms with Crippen molar-refractivity contribution in [3.63, 3.8) is 0 Å². The third kappa shape index (κ3) is 5.91. The van der Waals surface area contributed by atoms with Crippen LogP contribution in [-0.4, -0.2) is 49.2 Å². The van der Waals surface area contributed by atoms with Crippen LogP contribution >= 0.6 is 0 Å². The Morgan fingerprint density at radius 2 is 1.64 bits per heavy atom. The lowest BCUT2D eigenvalue weighted by Gasteiger charge is -2.32. The maximum Gasteiger partial charge on any atom is 0.321 e. The summed E-state index contributed by atoms with van der Waals surface area (Å²) in [6.07, 6.45) is 1.41. The second kappa shape index (κ2) is 10.2. The van der Waals surface area contributed by atoms with Gasteiger partial charge >= 0.3 is 17.8 Å². The number of nitrogens with one attached hydrogen (secondary N) is 3. The maximum absolute atomic E-state index is 13.0. The van der Waals surface area contributed by atoms with Gasteiger partial charge in [0.05, 0.1) is 0 Å². The summed E-state index contributed by atoms with van der Waals surface area (Å²) >= 11 is 0. The van der Waals surface area contributed by atoms with Gasteiger partial charge in [-0.15, -0.1) is 0 Å². The van der Waals surface area contributed by atoms with Gasteiger partial charge in [0.15, 0.2) is 11.5 Å². The minimum absolute atomic E-state index is 0.172. The third-order valence-corrected chi connectivity index (χ3v) is 5.64. The molecule has 4 amide bonds. The van der Waals surface area contributed by atoms with Crippen LogP contribution in [0.25, 0.3) is 0 Å². The number of nitrogens with zero attached hydrogens (tertiary/aromatic N) is 1. The number of anilines is 1. The number of urea groups is 1. The first-order chi connectivity index (χ1) is 16.0. The van der Waals surface area contributed by atoms with Crippen molar-refractivity contribution in [1.82, 2.24) is 15.5 Å². The maximum atomic E-state index is 13.0. The van der Waals surface area contributed by atoms with Crippen molar-refractivity contribution in [3.05, 3.63) is 53.8 Å². The Morgan fingerprint density at radius 1 is 0.939 bits per heavy atom. The normalized spacial score (nSPS) is 15.1. The van der Waals surface area contributed by atoms with Gasteiger partial charge in [0.1, 0.15) is 5.82 Å². The van der Waals surface area contributed by atoms with Crippen LogP contribution in [0.5, 0.6) is 11.5 Å². The average molecular weight is 456 g/mol. The number of ether oxygens (including phenoxy) is 2. The van der Waals surface area contributed by atoms with Crippen molar-refractivity contribution in [2.45, 2.75) is 19.4 Å². The molecular formula is C23H25FN4O5. The summed E-state index contributed by atoms with van der Waals surface area (Å²) < 4.78 is 23.5. The zero-order chi connectivity index (χ0) is 23.2. The highest BCUT2D eigenvalue weighted by Gasteiger charge is 2.24. The molecule has 0 radical (unpaired) electrons. The lowest BCUT2D eigenvalue weighted by Crippen LogP contribution is -2.45. The van der Waals surface area contributed by atoms with Gasteiger partial charge in [0, 0.05) is 31.9 Å². The molecule has 2 aromatic carbocycles. The van der Waals surface area contributed by atoms with Crippen LogP contribution in [0.3, 0.4) is 0 Å². The molecule has 0 unspecified atom stereocenters. The molecule has 10 heteroatoms. The number of likely N-dealkylation sites (tertiary alicyclic amines) is 1. The standard InChI is InChI=1S/C23H25FN4O5/c24-17-2-4-18(5-3-17)27-23(31)28-9-7-15(8-10-28)12-25-21(29)22(30)26-13-16-1-6-19-20(11-16)33-14-32-19/h1-6,11,15H,7-10,12-14H2,(H,25,29)(H,26,30)(H,27,31). The van der Waals surface area contributed by atoms with E-state index in [1.165, 1.54) is 24.3 Å². The topological polar surface area (TPSA) is 109 Å². The molecule has 2 aliphatic heterocycles. The van der Waals surface area contributed by atoms with Crippen molar-refractivity contribution in [2.24, 2.45) is 5.92 Å². The van der Waals surface area contributed by atoms with Crippen LogP contribution in [0.1, 0.15) is 18.4 Å². The summed E-state index contributed by atoms with van der Waals surface area (Å²) in [5.74, 6) is -0.315. The SMILES string of the molecule is O=C(NCc1ccc2c(c1)OCO2)C(=O)NCC1CCN(C(=O)Nc2ccc(F)cc2)CC1. The van der Waals surface area contributed by atoms with Gasteiger partial charge in [-0.05, 0) is 60.7 Å². The lowest BCUT2D eigenvalue weighted by atomic mass is 9.97. The largest absolute Gasteiger partial charge is 0.454 e. The highest BCUT2D eigenvalue weighted by molar-refractivity contribution is 6.35. The Balaban J connectivity index is 1.14.